The Morgan fingerprint density at radius 3 is 2.47 bits per heavy atom. The van der Waals surface area contributed by atoms with E-state index in [2.05, 4.69) is 22.9 Å². The molecule has 190 valence electrons. The molecule has 1 saturated carbocycles. The lowest BCUT2D eigenvalue weighted by Crippen LogP contribution is -2.37. The Balaban J connectivity index is 1.36. The summed E-state index contributed by atoms with van der Waals surface area (Å²) >= 11 is 0. The minimum atomic E-state index is -3.72. The Morgan fingerprint density at radius 2 is 1.78 bits per heavy atom. The van der Waals surface area contributed by atoms with Crippen molar-refractivity contribution in [3.8, 4) is 22.8 Å². The van der Waals surface area contributed by atoms with Crippen molar-refractivity contribution in [2.45, 2.75) is 55.4 Å². The van der Waals surface area contributed by atoms with E-state index in [0.29, 0.717) is 19.6 Å². The van der Waals surface area contributed by atoms with Crippen molar-refractivity contribution in [2.24, 2.45) is 0 Å². The molecule has 36 heavy (non-hydrogen) atoms. The molecular formula is C28H32N2O5S. The highest BCUT2D eigenvalue weighted by Crippen LogP contribution is 2.54. The predicted octanol–water partition coefficient (Wildman–Crippen LogP) is 4.43. The molecule has 0 spiro atoms. The Hall–Kier alpha value is -2.94. The number of benzene rings is 2. The third kappa shape index (κ3) is 4.98. The molecule has 2 aliphatic rings. The number of rotatable bonds is 10. The molecule has 2 N–H and O–H groups in total. The van der Waals surface area contributed by atoms with Gasteiger partial charge in [0.2, 0.25) is 10.0 Å². The SMILES string of the molecule is CCCC[C@H](CO)NS(=O)(=O)c1ccc(-c2cccc(C3(c4ccc5c(c4)OCCO5)CC3)n2)cc1. The number of fused-ring (bicyclic) bond motifs is 1. The number of ether oxygens (including phenoxy) is 2. The van der Waals surface area contributed by atoms with Crippen molar-refractivity contribution >= 4 is 10.0 Å². The van der Waals surface area contributed by atoms with Gasteiger partial charge in [-0.15, -0.1) is 0 Å². The molecule has 0 bridgehead atoms. The summed E-state index contributed by atoms with van der Waals surface area (Å²) in [5.41, 5.74) is 3.67. The zero-order chi connectivity index (χ0) is 25.2. The second kappa shape index (κ2) is 10.2. The topological polar surface area (TPSA) is 97.8 Å². The highest BCUT2D eigenvalue weighted by Gasteiger charge is 2.47. The molecule has 1 atom stereocenters. The van der Waals surface area contributed by atoms with Crippen LogP contribution >= 0.6 is 0 Å². The van der Waals surface area contributed by atoms with E-state index in [1.165, 1.54) is 5.56 Å². The molecule has 3 aromatic rings. The Morgan fingerprint density at radius 1 is 1.03 bits per heavy atom. The van der Waals surface area contributed by atoms with Crippen LogP contribution in [-0.4, -0.2) is 44.4 Å². The number of aliphatic hydroxyl groups excluding tert-OH is 1. The van der Waals surface area contributed by atoms with Gasteiger partial charge < -0.3 is 14.6 Å². The third-order valence-corrected chi connectivity index (χ3v) is 8.53. The molecule has 1 aliphatic heterocycles. The predicted molar refractivity (Wildman–Crippen MR) is 138 cm³/mol. The van der Waals surface area contributed by atoms with E-state index in [1.54, 1.807) is 24.3 Å². The molecule has 0 radical (unpaired) electrons. The molecule has 0 unspecified atom stereocenters. The summed E-state index contributed by atoms with van der Waals surface area (Å²) < 4.78 is 39.7. The van der Waals surface area contributed by atoms with Crippen LogP contribution in [0, 0.1) is 0 Å². The molecular weight excluding hydrogens is 476 g/mol. The van der Waals surface area contributed by atoms with Gasteiger partial charge in [-0.1, -0.05) is 44.0 Å². The lowest BCUT2D eigenvalue weighted by molar-refractivity contribution is 0.171. The van der Waals surface area contributed by atoms with E-state index in [4.69, 9.17) is 14.5 Å². The molecule has 1 aliphatic carbocycles. The minimum absolute atomic E-state index is 0.142. The van der Waals surface area contributed by atoms with E-state index < -0.39 is 16.1 Å². The summed E-state index contributed by atoms with van der Waals surface area (Å²) in [7, 11) is -3.72. The smallest absolute Gasteiger partial charge is 0.240 e. The van der Waals surface area contributed by atoms with Gasteiger partial charge in [0.1, 0.15) is 13.2 Å². The molecule has 8 heteroatoms. The van der Waals surface area contributed by atoms with Gasteiger partial charge in [0.05, 0.1) is 22.9 Å². The Bertz CT molecular complexity index is 1320. The number of sulfonamides is 1. The lowest BCUT2D eigenvalue weighted by atomic mass is 9.91. The molecule has 1 fully saturated rings. The maximum atomic E-state index is 12.8. The molecule has 2 heterocycles. The van der Waals surface area contributed by atoms with Crippen LogP contribution in [0.1, 0.15) is 50.3 Å². The highest BCUT2D eigenvalue weighted by atomic mass is 32.2. The molecule has 5 rings (SSSR count). The lowest BCUT2D eigenvalue weighted by Gasteiger charge is -2.22. The van der Waals surface area contributed by atoms with Gasteiger partial charge in [-0.3, -0.25) is 4.98 Å². The second-order valence-electron chi connectivity index (χ2n) is 9.52. The summed E-state index contributed by atoms with van der Waals surface area (Å²) in [6.07, 6.45) is 4.41. The van der Waals surface area contributed by atoms with Crippen LogP contribution in [0.25, 0.3) is 11.3 Å². The van der Waals surface area contributed by atoms with Gasteiger partial charge in [-0.2, -0.15) is 0 Å². The van der Waals surface area contributed by atoms with Crippen LogP contribution in [0.4, 0.5) is 0 Å². The van der Waals surface area contributed by atoms with Crippen LogP contribution in [0.3, 0.4) is 0 Å². The van der Waals surface area contributed by atoms with Crippen molar-refractivity contribution in [2.75, 3.05) is 19.8 Å². The fourth-order valence-electron chi connectivity index (χ4n) is 4.75. The molecule has 7 nitrogen and oxygen atoms in total. The van der Waals surface area contributed by atoms with Gasteiger partial charge >= 0.3 is 0 Å². The second-order valence-corrected chi connectivity index (χ2v) is 11.2. The molecule has 2 aromatic carbocycles. The number of nitrogens with one attached hydrogen (secondary N) is 1. The maximum absolute atomic E-state index is 12.8. The van der Waals surface area contributed by atoms with Crippen molar-refractivity contribution in [1.29, 1.82) is 0 Å². The number of hydrogen-bond acceptors (Lipinski definition) is 6. The van der Waals surface area contributed by atoms with Crippen LogP contribution < -0.4 is 14.2 Å². The highest BCUT2D eigenvalue weighted by molar-refractivity contribution is 7.89. The van der Waals surface area contributed by atoms with Crippen molar-refractivity contribution < 1.29 is 23.0 Å². The average Bonchev–Trinajstić information content (AvgIpc) is 3.73. The minimum Gasteiger partial charge on any atom is -0.486 e. The molecule has 0 saturated heterocycles. The van der Waals surface area contributed by atoms with Crippen molar-refractivity contribution in [1.82, 2.24) is 9.71 Å². The number of nitrogens with zero attached hydrogens (tertiary/aromatic N) is 1. The first kappa shape index (κ1) is 24.7. The monoisotopic (exact) mass is 508 g/mol. The fraction of sp³-hybridized carbons (Fsp3) is 0.393. The Kier molecular flexibility index (Phi) is 7.01. The van der Waals surface area contributed by atoms with Crippen molar-refractivity contribution in [3.05, 3.63) is 71.9 Å². The summed E-state index contributed by atoms with van der Waals surface area (Å²) in [4.78, 5) is 5.16. The number of pyridine rings is 1. The van der Waals surface area contributed by atoms with E-state index in [-0.39, 0.29) is 16.9 Å². The van der Waals surface area contributed by atoms with E-state index in [1.807, 2.05) is 25.1 Å². The van der Waals surface area contributed by atoms with Gasteiger partial charge in [-0.05, 0) is 61.2 Å². The fourth-order valence-corrected chi connectivity index (χ4v) is 6.01. The van der Waals surface area contributed by atoms with Gasteiger partial charge in [0.25, 0.3) is 0 Å². The largest absolute Gasteiger partial charge is 0.486 e. The van der Waals surface area contributed by atoms with Crippen LogP contribution in [0.2, 0.25) is 0 Å². The Labute approximate surface area is 212 Å². The van der Waals surface area contributed by atoms with Crippen molar-refractivity contribution in [3.63, 3.8) is 0 Å². The summed E-state index contributed by atoms with van der Waals surface area (Å²) in [5.74, 6) is 1.56. The third-order valence-electron chi connectivity index (χ3n) is 6.99. The number of aliphatic hydroxyl groups is 1. The quantitative estimate of drug-likeness (QED) is 0.421. The average molecular weight is 509 g/mol. The number of unbranched alkanes of at least 4 members (excludes halogenated alkanes) is 1. The first-order valence-corrected chi connectivity index (χ1v) is 14.0. The van der Waals surface area contributed by atoms with Crippen LogP contribution in [0.15, 0.2) is 65.6 Å². The number of aromatic nitrogens is 1. The van der Waals surface area contributed by atoms with Crippen LogP contribution in [0.5, 0.6) is 11.5 Å². The summed E-state index contributed by atoms with van der Waals surface area (Å²) in [5, 5.41) is 9.54. The zero-order valence-corrected chi connectivity index (χ0v) is 21.3. The summed E-state index contributed by atoms with van der Waals surface area (Å²) in [6, 6.07) is 18.4. The van der Waals surface area contributed by atoms with E-state index in [0.717, 1.165) is 54.1 Å². The van der Waals surface area contributed by atoms with Gasteiger partial charge in [0.15, 0.2) is 11.5 Å². The normalized spacial score (nSPS) is 16.9. The maximum Gasteiger partial charge on any atom is 0.240 e. The van der Waals surface area contributed by atoms with Crippen LogP contribution in [-0.2, 0) is 15.4 Å². The van der Waals surface area contributed by atoms with Gasteiger partial charge in [0, 0.05) is 17.0 Å². The number of hydrogen-bond donors (Lipinski definition) is 2. The first-order chi connectivity index (χ1) is 17.4. The molecule has 1 aromatic heterocycles. The van der Waals surface area contributed by atoms with Gasteiger partial charge in [-0.25, -0.2) is 13.1 Å². The summed E-state index contributed by atoms with van der Waals surface area (Å²) in [6.45, 7) is 2.93. The molecule has 0 amide bonds. The van der Waals surface area contributed by atoms with E-state index in [9.17, 15) is 13.5 Å². The standard InChI is InChI=1S/C28H32N2O5S/c1-2-3-5-22(19-31)30-36(32,33)23-11-8-20(9-12-23)24-6-4-7-27(29-24)28(14-15-28)21-10-13-25-26(18-21)35-17-16-34-25/h4,6-13,18,22,30-31H,2-3,5,14-17,19H2,1H3/t22-/m1/s1. The van der Waals surface area contributed by atoms with E-state index >= 15 is 0 Å². The zero-order valence-electron chi connectivity index (χ0n) is 20.4. The first-order valence-electron chi connectivity index (χ1n) is 12.6.